The number of hydrogen-bond acceptors (Lipinski definition) is 9. The van der Waals surface area contributed by atoms with Gasteiger partial charge in [-0.2, -0.15) is 0 Å². The second-order valence-corrected chi connectivity index (χ2v) is 7.89. The Balaban J connectivity index is 1.97. The van der Waals surface area contributed by atoms with E-state index < -0.39 is 22.1 Å². The number of carbonyl (C=O) groups is 3. The Kier molecular flexibility index (Phi) is 9.10. The molecule has 1 aromatic carbocycles. The summed E-state index contributed by atoms with van der Waals surface area (Å²) in [6.45, 7) is 3.44. The molecule has 0 radical (unpaired) electrons. The highest BCUT2D eigenvalue weighted by Gasteiger charge is 2.20. The molecule has 0 spiro atoms. The number of carbonyl (C=O) groups excluding carboxylic acids is 3. The van der Waals surface area contributed by atoms with Crippen LogP contribution in [0.2, 0.25) is 0 Å². The number of methoxy groups -OCH3 is 1. The Morgan fingerprint density at radius 1 is 1.00 bits per heavy atom. The van der Waals surface area contributed by atoms with Crippen LogP contribution in [0.1, 0.15) is 34.1 Å². The monoisotopic (exact) mass is 465 g/mol. The molecule has 2 rings (SSSR count). The number of pyridine rings is 1. The number of nitrogens with one attached hydrogen (secondary N) is 2. The molecule has 0 fully saturated rings. The van der Waals surface area contributed by atoms with Gasteiger partial charge < -0.3 is 19.5 Å². The highest BCUT2D eigenvalue weighted by molar-refractivity contribution is 7.90. The highest BCUT2D eigenvalue weighted by Crippen LogP contribution is 2.13. The zero-order chi connectivity index (χ0) is 23.6. The van der Waals surface area contributed by atoms with Gasteiger partial charge in [0.1, 0.15) is 0 Å². The van der Waals surface area contributed by atoms with Gasteiger partial charge in [0.25, 0.3) is 21.8 Å². The van der Waals surface area contributed by atoms with Crippen molar-refractivity contribution in [2.75, 3.05) is 26.9 Å². The summed E-state index contributed by atoms with van der Waals surface area (Å²) in [4.78, 5) is 38.9. The Hall–Kier alpha value is -3.51. The SMILES string of the molecule is CCOCCCNC(=O)c1ccc(S(=O)(=O)NC(=O)c2ccc(OC(=O)OC)nc2)cc1. The van der Waals surface area contributed by atoms with E-state index in [0.29, 0.717) is 26.2 Å². The maximum Gasteiger partial charge on any atom is 0.514 e. The molecule has 0 saturated carbocycles. The Morgan fingerprint density at radius 3 is 2.28 bits per heavy atom. The van der Waals surface area contributed by atoms with Crippen molar-refractivity contribution in [2.24, 2.45) is 0 Å². The van der Waals surface area contributed by atoms with Gasteiger partial charge in [0.15, 0.2) is 0 Å². The maximum atomic E-state index is 12.5. The Labute approximate surface area is 185 Å². The number of aromatic nitrogens is 1. The normalized spacial score (nSPS) is 10.8. The van der Waals surface area contributed by atoms with E-state index in [2.05, 4.69) is 19.8 Å². The lowest BCUT2D eigenvalue weighted by molar-refractivity contribution is 0.0941. The Morgan fingerprint density at radius 2 is 1.69 bits per heavy atom. The number of sulfonamides is 1. The lowest BCUT2D eigenvalue weighted by Gasteiger charge is -2.09. The molecule has 11 nitrogen and oxygen atoms in total. The third-order valence-corrected chi connectivity index (χ3v) is 5.31. The molecule has 2 N–H and O–H groups in total. The van der Waals surface area contributed by atoms with Gasteiger partial charge in [-0.3, -0.25) is 9.59 Å². The minimum absolute atomic E-state index is 0.0751. The van der Waals surface area contributed by atoms with Gasteiger partial charge in [-0.15, -0.1) is 0 Å². The number of rotatable bonds is 10. The van der Waals surface area contributed by atoms with Crippen molar-refractivity contribution < 1.29 is 37.0 Å². The fraction of sp³-hybridized carbons (Fsp3) is 0.300. The van der Waals surface area contributed by atoms with Crippen molar-refractivity contribution in [2.45, 2.75) is 18.2 Å². The number of benzene rings is 1. The quantitative estimate of drug-likeness (QED) is 0.393. The van der Waals surface area contributed by atoms with Gasteiger partial charge >= 0.3 is 6.16 Å². The molecule has 0 atom stereocenters. The number of hydrogen-bond donors (Lipinski definition) is 2. The molecular formula is C20H23N3O8S. The summed E-state index contributed by atoms with van der Waals surface area (Å²) < 4.78 is 41.0. The van der Waals surface area contributed by atoms with Crippen molar-refractivity contribution in [3.8, 4) is 5.88 Å². The second-order valence-electron chi connectivity index (χ2n) is 6.21. The van der Waals surface area contributed by atoms with Crippen LogP contribution in [0.3, 0.4) is 0 Å². The molecule has 0 aliphatic carbocycles. The topological polar surface area (TPSA) is 150 Å². The number of ether oxygens (including phenoxy) is 3. The molecule has 0 bridgehead atoms. The third kappa shape index (κ3) is 7.32. The van der Waals surface area contributed by atoms with Gasteiger partial charge in [-0.25, -0.2) is 22.9 Å². The van der Waals surface area contributed by atoms with Crippen LogP contribution in [0.15, 0.2) is 47.5 Å². The summed E-state index contributed by atoms with van der Waals surface area (Å²) in [6, 6.07) is 7.57. The summed E-state index contributed by atoms with van der Waals surface area (Å²) in [7, 11) is -3.07. The lowest BCUT2D eigenvalue weighted by atomic mass is 10.2. The average molecular weight is 465 g/mol. The zero-order valence-corrected chi connectivity index (χ0v) is 18.3. The molecule has 1 heterocycles. The minimum Gasteiger partial charge on any atom is -0.437 e. The van der Waals surface area contributed by atoms with E-state index in [1.54, 1.807) is 0 Å². The van der Waals surface area contributed by atoms with Crippen LogP contribution in [0.5, 0.6) is 5.88 Å². The van der Waals surface area contributed by atoms with Gasteiger partial charge in [0.05, 0.1) is 17.6 Å². The van der Waals surface area contributed by atoms with Crippen molar-refractivity contribution in [1.29, 1.82) is 0 Å². The summed E-state index contributed by atoms with van der Waals surface area (Å²) in [5.74, 6) is -1.41. The first-order valence-corrected chi connectivity index (χ1v) is 11.0. The molecule has 32 heavy (non-hydrogen) atoms. The minimum atomic E-state index is -4.19. The van der Waals surface area contributed by atoms with Crippen LogP contribution < -0.4 is 14.8 Å². The molecule has 0 unspecified atom stereocenters. The molecule has 2 aromatic rings. The van der Waals surface area contributed by atoms with E-state index in [4.69, 9.17) is 4.74 Å². The standard InChI is InChI=1S/C20H23N3O8S/c1-3-30-12-4-11-21-18(24)14-5-8-16(9-6-14)32(27,28)23-19(25)15-7-10-17(22-13-15)31-20(26)29-2/h5-10,13H,3-4,11-12H2,1-2H3,(H,21,24)(H,23,25). The van der Waals surface area contributed by atoms with Crippen LogP contribution in [0.4, 0.5) is 4.79 Å². The summed E-state index contributed by atoms with van der Waals surface area (Å²) in [5, 5.41) is 2.71. The molecular weight excluding hydrogens is 442 g/mol. The first-order chi connectivity index (χ1) is 15.3. The third-order valence-electron chi connectivity index (χ3n) is 3.96. The van der Waals surface area contributed by atoms with E-state index in [1.807, 2.05) is 11.6 Å². The zero-order valence-electron chi connectivity index (χ0n) is 17.5. The van der Waals surface area contributed by atoms with Gasteiger partial charge in [-0.1, -0.05) is 0 Å². The van der Waals surface area contributed by atoms with Crippen LogP contribution in [-0.4, -0.2) is 58.2 Å². The average Bonchev–Trinajstić information content (AvgIpc) is 2.79. The molecule has 12 heteroatoms. The van der Waals surface area contributed by atoms with Crippen LogP contribution in [0.25, 0.3) is 0 Å². The van der Waals surface area contributed by atoms with E-state index >= 15 is 0 Å². The van der Waals surface area contributed by atoms with Gasteiger partial charge in [0.2, 0.25) is 5.88 Å². The molecule has 0 aliphatic rings. The van der Waals surface area contributed by atoms with Crippen molar-refractivity contribution in [3.05, 3.63) is 53.7 Å². The lowest BCUT2D eigenvalue weighted by Crippen LogP contribution is -2.30. The predicted molar refractivity (Wildman–Crippen MR) is 112 cm³/mol. The van der Waals surface area contributed by atoms with Crippen molar-refractivity contribution >= 4 is 28.0 Å². The number of nitrogens with zero attached hydrogens (tertiary/aromatic N) is 1. The first kappa shape index (κ1) is 24.8. The molecule has 1 aromatic heterocycles. The van der Waals surface area contributed by atoms with Gasteiger partial charge in [-0.05, 0) is 43.7 Å². The molecule has 172 valence electrons. The summed E-state index contributed by atoms with van der Waals surface area (Å²) in [6.07, 6.45) is 0.713. The van der Waals surface area contributed by atoms with Crippen LogP contribution >= 0.6 is 0 Å². The Bertz CT molecular complexity index is 1040. The fourth-order valence-corrected chi connectivity index (χ4v) is 3.32. The molecule has 0 saturated heterocycles. The summed E-state index contributed by atoms with van der Waals surface area (Å²) >= 11 is 0. The second kappa shape index (κ2) is 11.8. The fourth-order valence-electron chi connectivity index (χ4n) is 2.35. The van der Waals surface area contributed by atoms with E-state index in [-0.39, 0.29) is 27.8 Å². The molecule has 0 aliphatic heterocycles. The highest BCUT2D eigenvalue weighted by atomic mass is 32.2. The van der Waals surface area contributed by atoms with E-state index in [0.717, 1.165) is 13.3 Å². The van der Waals surface area contributed by atoms with E-state index in [1.165, 1.54) is 36.4 Å². The van der Waals surface area contributed by atoms with Crippen LogP contribution in [-0.2, 0) is 19.5 Å². The first-order valence-electron chi connectivity index (χ1n) is 9.52. The van der Waals surface area contributed by atoms with Gasteiger partial charge in [0, 0.05) is 37.6 Å². The van der Waals surface area contributed by atoms with Crippen molar-refractivity contribution in [1.82, 2.24) is 15.0 Å². The summed E-state index contributed by atoms with van der Waals surface area (Å²) in [5.41, 5.74) is 0.200. The smallest absolute Gasteiger partial charge is 0.437 e. The predicted octanol–water partition coefficient (Wildman–Crippen LogP) is 1.50. The van der Waals surface area contributed by atoms with E-state index in [9.17, 15) is 22.8 Å². The van der Waals surface area contributed by atoms with Crippen molar-refractivity contribution in [3.63, 3.8) is 0 Å². The largest absolute Gasteiger partial charge is 0.514 e. The maximum absolute atomic E-state index is 12.5. The van der Waals surface area contributed by atoms with Crippen LogP contribution in [0, 0.1) is 0 Å². The number of amides is 2. The molecule has 2 amide bonds.